The third-order valence-corrected chi connectivity index (χ3v) is 2.74. The molecule has 0 bridgehead atoms. The van der Waals surface area contributed by atoms with Gasteiger partial charge in [0, 0.05) is 19.0 Å². The van der Waals surface area contributed by atoms with Gasteiger partial charge in [-0.3, -0.25) is 4.79 Å². The van der Waals surface area contributed by atoms with Crippen LogP contribution in [0.1, 0.15) is 10.9 Å². The van der Waals surface area contributed by atoms with Gasteiger partial charge in [0.05, 0.1) is 0 Å². The summed E-state index contributed by atoms with van der Waals surface area (Å²) in [7, 11) is 5.33. The largest absolute Gasteiger partial charge is 0.347 e. The van der Waals surface area contributed by atoms with Crippen LogP contribution in [0.5, 0.6) is 0 Å². The van der Waals surface area contributed by atoms with Crippen LogP contribution < -0.4 is 5.32 Å². The van der Waals surface area contributed by atoms with Crippen molar-refractivity contribution in [3.63, 3.8) is 0 Å². The number of nitrogens with zero attached hydrogens (tertiary/aromatic N) is 1. The molecule has 0 saturated carbocycles. The van der Waals surface area contributed by atoms with Gasteiger partial charge < -0.3 is 10.2 Å². The van der Waals surface area contributed by atoms with E-state index in [1.54, 1.807) is 37.4 Å². The molecule has 1 heterocycles. The Balaban J connectivity index is 2.80. The van der Waals surface area contributed by atoms with Crippen LogP contribution in [0.15, 0.2) is 17.5 Å². The minimum atomic E-state index is -0.199. The number of nitrogens with one attached hydrogen (secondary N) is 1. The summed E-state index contributed by atoms with van der Waals surface area (Å²) >= 11 is 1.59. The van der Waals surface area contributed by atoms with Gasteiger partial charge in [-0.25, -0.2) is 0 Å². The summed E-state index contributed by atoms with van der Waals surface area (Å²) in [5, 5.41) is 4.98. The molecule has 0 unspecified atom stereocenters. The average Bonchev–Trinajstić information content (AvgIpc) is 2.58. The van der Waals surface area contributed by atoms with E-state index >= 15 is 0 Å². The van der Waals surface area contributed by atoms with Crippen LogP contribution in [0, 0.1) is 0 Å². The number of thiophene rings is 1. The van der Waals surface area contributed by atoms with E-state index in [9.17, 15) is 4.79 Å². The van der Waals surface area contributed by atoms with Crippen LogP contribution in [0.25, 0.3) is 0 Å². The Bertz CT molecular complexity index is 269. The molecule has 1 amide bonds. The zero-order chi connectivity index (χ0) is 9.84. The molecule has 1 atom stereocenters. The topological polar surface area (TPSA) is 32.3 Å². The molecular formula is C9H14N2OS. The van der Waals surface area contributed by atoms with E-state index in [2.05, 4.69) is 5.32 Å². The zero-order valence-electron chi connectivity index (χ0n) is 8.07. The lowest BCUT2D eigenvalue weighted by Crippen LogP contribution is -2.34. The third-order valence-electron chi connectivity index (χ3n) is 1.80. The van der Waals surface area contributed by atoms with Crippen LogP contribution in [-0.4, -0.2) is 32.0 Å². The minimum Gasteiger partial charge on any atom is -0.347 e. The Morgan fingerprint density at radius 1 is 1.62 bits per heavy atom. The molecule has 0 radical (unpaired) electrons. The maximum absolute atomic E-state index is 11.6. The minimum absolute atomic E-state index is 0.0879. The van der Waals surface area contributed by atoms with E-state index in [-0.39, 0.29) is 11.9 Å². The summed E-state index contributed by atoms with van der Waals surface area (Å²) in [6, 6.07) is 3.72. The van der Waals surface area contributed by atoms with E-state index in [1.807, 2.05) is 17.5 Å². The first-order valence-electron chi connectivity index (χ1n) is 4.08. The van der Waals surface area contributed by atoms with Gasteiger partial charge >= 0.3 is 0 Å². The number of carbonyl (C=O) groups excluding carboxylic acids is 1. The number of carbonyl (C=O) groups is 1. The van der Waals surface area contributed by atoms with E-state index < -0.39 is 0 Å². The van der Waals surface area contributed by atoms with Crippen molar-refractivity contribution in [3.05, 3.63) is 22.4 Å². The van der Waals surface area contributed by atoms with Crippen molar-refractivity contribution in [1.29, 1.82) is 0 Å². The van der Waals surface area contributed by atoms with Crippen LogP contribution >= 0.6 is 11.3 Å². The van der Waals surface area contributed by atoms with Crippen molar-refractivity contribution in [3.8, 4) is 0 Å². The van der Waals surface area contributed by atoms with Gasteiger partial charge in [-0.05, 0) is 18.5 Å². The van der Waals surface area contributed by atoms with Gasteiger partial charge in [-0.2, -0.15) is 0 Å². The van der Waals surface area contributed by atoms with E-state index in [1.165, 1.54) is 0 Å². The number of hydrogen-bond donors (Lipinski definition) is 1. The number of hydrogen-bond acceptors (Lipinski definition) is 3. The van der Waals surface area contributed by atoms with Gasteiger partial charge in [-0.1, -0.05) is 6.07 Å². The quantitative estimate of drug-likeness (QED) is 0.788. The lowest BCUT2D eigenvalue weighted by molar-refractivity contribution is -0.130. The molecule has 0 aliphatic carbocycles. The van der Waals surface area contributed by atoms with Gasteiger partial charge in [0.1, 0.15) is 6.04 Å². The second kappa shape index (κ2) is 4.39. The Morgan fingerprint density at radius 2 is 2.31 bits per heavy atom. The third kappa shape index (κ3) is 2.29. The number of rotatable bonds is 3. The Hall–Kier alpha value is -0.870. The molecule has 72 valence electrons. The molecule has 1 rings (SSSR count). The van der Waals surface area contributed by atoms with E-state index in [0.717, 1.165) is 4.88 Å². The summed E-state index contributed by atoms with van der Waals surface area (Å²) < 4.78 is 0. The van der Waals surface area contributed by atoms with Gasteiger partial charge in [0.15, 0.2) is 0 Å². The summed E-state index contributed by atoms with van der Waals surface area (Å²) in [5.74, 6) is 0.0879. The molecule has 0 aliphatic rings. The molecule has 1 aromatic heterocycles. The fourth-order valence-corrected chi connectivity index (χ4v) is 1.93. The maximum Gasteiger partial charge on any atom is 0.244 e. The first-order valence-corrected chi connectivity index (χ1v) is 4.96. The van der Waals surface area contributed by atoms with Crippen molar-refractivity contribution in [2.24, 2.45) is 0 Å². The Labute approximate surface area is 82.4 Å². The van der Waals surface area contributed by atoms with Crippen molar-refractivity contribution in [2.75, 3.05) is 21.1 Å². The number of likely N-dealkylation sites (N-methyl/N-ethyl adjacent to an activating group) is 2. The SMILES string of the molecule is CN[C@H](C(=O)N(C)C)c1cccs1. The van der Waals surface area contributed by atoms with E-state index in [0.29, 0.717) is 0 Å². The predicted octanol–water partition coefficient (Wildman–Crippen LogP) is 1.10. The lowest BCUT2D eigenvalue weighted by atomic mass is 10.2. The van der Waals surface area contributed by atoms with Crippen LogP contribution in [0.2, 0.25) is 0 Å². The molecule has 4 heteroatoms. The van der Waals surface area contributed by atoms with Crippen LogP contribution in [0.3, 0.4) is 0 Å². The van der Waals surface area contributed by atoms with Crippen molar-refractivity contribution in [1.82, 2.24) is 10.2 Å². The second-order valence-electron chi connectivity index (χ2n) is 2.97. The molecule has 13 heavy (non-hydrogen) atoms. The first-order chi connectivity index (χ1) is 6.16. The maximum atomic E-state index is 11.6. The molecule has 1 N–H and O–H groups in total. The van der Waals surface area contributed by atoms with Crippen LogP contribution in [0.4, 0.5) is 0 Å². The smallest absolute Gasteiger partial charge is 0.244 e. The normalized spacial score (nSPS) is 12.5. The van der Waals surface area contributed by atoms with Gasteiger partial charge in [0.2, 0.25) is 5.91 Å². The first kappa shape index (κ1) is 10.2. The number of amides is 1. The fourth-order valence-electron chi connectivity index (χ4n) is 1.10. The predicted molar refractivity (Wildman–Crippen MR) is 54.8 cm³/mol. The molecule has 3 nitrogen and oxygen atoms in total. The molecule has 1 aromatic rings. The second-order valence-corrected chi connectivity index (χ2v) is 3.95. The summed E-state index contributed by atoms with van der Waals surface area (Å²) in [5.41, 5.74) is 0. The highest BCUT2D eigenvalue weighted by Crippen LogP contribution is 2.19. The molecule has 0 spiro atoms. The Kier molecular flexibility index (Phi) is 3.45. The molecule has 0 aromatic carbocycles. The van der Waals surface area contributed by atoms with E-state index in [4.69, 9.17) is 0 Å². The Morgan fingerprint density at radius 3 is 2.69 bits per heavy atom. The highest BCUT2D eigenvalue weighted by molar-refractivity contribution is 7.10. The highest BCUT2D eigenvalue weighted by Gasteiger charge is 2.20. The highest BCUT2D eigenvalue weighted by atomic mass is 32.1. The summed E-state index contributed by atoms with van der Waals surface area (Å²) in [6.07, 6.45) is 0. The lowest BCUT2D eigenvalue weighted by Gasteiger charge is -2.18. The standard InChI is InChI=1S/C9H14N2OS/c1-10-8(9(12)11(2)3)7-5-4-6-13-7/h4-6,8,10H,1-3H3/t8-/m0/s1. The molecular weight excluding hydrogens is 184 g/mol. The van der Waals surface area contributed by atoms with Crippen LogP contribution in [-0.2, 0) is 4.79 Å². The van der Waals surface area contributed by atoms with Crippen molar-refractivity contribution < 1.29 is 4.79 Å². The monoisotopic (exact) mass is 198 g/mol. The van der Waals surface area contributed by atoms with Gasteiger partial charge in [0.25, 0.3) is 0 Å². The molecule has 0 aliphatic heterocycles. The molecule has 0 fully saturated rings. The van der Waals surface area contributed by atoms with Crippen molar-refractivity contribution >= 4 is 17.2 Å². The summed E-state index contributed by atoms with van der Waals surface area (Å²) in [6.45, 7) is 0. The fraction of sp³-hybridized carbons (Fsp3) is 0.444. The molecule has 0 saturated heterocycles. The van der Waals surface area contributed by atoms with Crippen molar-refractivity contribution in [2.45, 2.75) is 6.04 Å². The average molecular weight is 198 g/mol. The zero-order valence-corrected chi connectivity index (χ0v) is 8.89. The van der Waals surface area contributed by atoms with Gasteiger partial charge in [-0.15, -0.1) is 11.3 Å². The summed E-state index contributed by atoms with van der Waals surface area (Å²) in [4.78, 5) is 14.3.